The van der Waals surface area contributed by atoms with Gasteiger partial charge in [0.25, 0.3) is 0 Å². The summed E-state index contributed by atoms with van der Waals surface area (Å²) in [7, 11) is 1.66. The van der Waals surface area contributed by atoms with Crippen LogP contribution in [-0.4, -0.2) is 39.5 Å². The molecule has 0 aliphatic rings. The quantitative estimate of drug-likeness (QED) is 0.563. The molecule has 0 heterocycles. The fraction of sp³-hybridized carbons (Fsp3) is 0.900. The Labute approximate surface area is 86.2 Å². The lowest BCUT2D eigenvalue weighted by atomic mass is 10.2. The molecule has 0 aliphatic carbocycles. The van der Waals surface area contributed by atoms with Gasteiger partial charge in [0.15, 0.2) is 0 Å². The summed E-state index contributed by atoms with van der Waals surface area (Å²) in [4.78, 5) is 0. The van der Waals surface area contributed by atoms with E-state index in [4.69, 9.17) is 14.7 Å². The van der Waals surface area contributed by atoms with Crippen molar-refractivity contribution in [1.29, 1.82) is 5.26 Å². The first-order valence-electron chi connectivity index (χ1n) is 5.04. The van der Waals surface area contributed by atoms with E-state index in [9.17, 15) is 0 Å². The van der Waals surface area contributed by atoms with Crippen molar-refractivity contribution in [3.63, 3.8) is 0 Å². The third-order valence-electron chi connectivity index (χ3n) is 1.85. The van der Waals surface area contributed by atoms with E-state index in [0.717, 1.165) is 26.0 Å². The van der Waals surface area contributed by atoms with Gasteiger partial charge in [0.05, 0.1) is 25.3 Å². The van der Waals surface area contributed by atoms with Gasteiger partial charge in [-0.3, -0.25) is 0 Å². The summed E-state index contributed by atoms with van der Waals surface area (Å²) in [5.41, 5.74) is 0. The van der Waals surface area contributed by atoms with Crippen LogP contribution in [0.2, 0.25) is 0 Å². The molecule has 0 aliphatic heterocycles. The largest absolute Gasteiger partial charge is 0.382 e. The van der Waals surface area contributed by atoms with Crippen LogP contribution in [0, 0.1) is 11.3 Å². The zero-order valence-corrected chi connectivity index (χ0v) is 9.08. The lowest BCUT2D eigenvalue weighted by Gasteiger charge is -2.08. The van der Waals surface area contributed by atoms with E-state index in [-0.39, 0.29) is 6.04 Å². The number of methoxy groups -OCH3 is 1. The highest BCUT2D eigenvalue weighted by molar-refractivity contribution is 4.87. The van der Waals surface area contributed by atoms with Crippen LogP contribution in [0.4, 0.5) is 0 Å². The Kier molecular flexibility index (Phi) is 9.98. The number of hydrogen-bond donors (Lipinski definition) is 1. The van der Waals surface area contributed by atoms with Crippen molar-refractivity contribution in [1.82, 2.24) is 5.32 Å². The van der Waals surface area contributed by atoms with E-state index >= 15 is 0 Å². The first kappa shape index (κ1) is 13.4. The Hall–Kier alpha value is -0.630. The lowest BCUT2D eigenvalue weighted by Crippen LogP contribution is -2.28. The topological polar surface area (TPSA) is 54.3 Å². The van der Waals surface area contributed by atoms with Crippen molar-refractivity contribution in [2.45, 2.75) is 25.8 Å². The van der Waals surface area contributed by atoms with E-state index in [1.54, 1.807) is 7.11 Å². The molecular weight excluding hydrogens is 180 g/mol. The van der Waals surface area contributed by atoms with E-state index in [1.165, 1.54) is 0 Å². The van der Waals surface area contributed by atoms with Crippen LogP contribution >= 0.6 is 0 Å². The summed E-state index contributed by atoms with van der Waals surface area (Å²) < 4.78 is 10.1. The molecule has 0 fully saturated rings. The molecule has 4 nitrogen and oxygen atoms in total. The molecule has 0 spiro atoms. The van der Waals surface area contributed by atoms with E-state index in [1.807, 2.05) is 6.92 Å². The Bertz CT molecular complexity index is 157. The zero-order valence-electron chi connectivity index (χ0n) is 9.08. The maximum Gasteiger partial charge on any atom is 0.0950 e. The molecule has 0 bridgehead atoms. The predicted octanol–water partition coefficient (Wildman–Crippen LogP) is 0.931. The number of ether oxygens (including phenoxy) is 2. The number of rotatable bonds is 9. The van der Waals surface area contributed by atoms with Crippen molar-refractivity contribution >= 4 is 0 Å². The van der Waals surface area contributed by atoms with Gasteiger partial charge in [-0.25, -0.2) is 0 Å². The molecule has 0 aromatic rings. The van der Waals surface area contributed by atoms with Crippen molar-refractivity contribution in [2.75, 3.05) is 33.5 Å². The molecule has 0 radical (unpaired) electrons. The first-order chi connectivity index (χ1) is 6.85. The summed E-state index contributed by atoms with van der Waals surface area (Å²) in [6, 6.07) is 2.17. The monoisotopic (exact) mass is 200 g/mol. The number of nitrogens with one attached hydrogen (secondary N) is 1. The van der Waals surface area contributed by atoms with Crippen LogP contribution < -0.4 is 5.32 Å². The van der Waals surface area contributed by atoms with Crippen molar-refractivity contribution in [3.8, 4) is 6.07 Å². The molecule has 4 heteroatoms. The highest BCUT2D eigenvalue weighted by atomic mass is 16.5. The molecule has 0 saturated carbocycles. The third kappa shape index (κ3) is 7.99. The van der Waals surface area contributed by atoms with E-state index in [2.05, 4.69) is 11.4 Å². The summed E-state index contributed by atoms with van der Waals surface area (Å²) in [5, 5.41) is 11.8. The van der Waals surface area contributed by atoms with Gasteiger partial charge in [0.1, 0.15) is 0 Å². The molecule has 0 amide bonds. The van der Waals surface area contributed by atoms with E-state index in [0.29, 0.717) is 13.2 Å². The van der Waals surface area contributed by atoms with Gasteiger partial charge in [-0.15, -0.1) is 0 Å². The average molecular weight is 200 g/mol. The van der Waals surface area contributed by atoms with Crippen molar-refractivity contribution < 1.29 is 9.47 Å². The maximum absolute atomic E-state index is 8.64. The van der Waals surface area contributed by atoms with Crippen LogP contribution in [0.25, 0.3) is 0 Å². The second-order valence-electron chi connectivity index (χ2n) is 3.00. The Balaban J connectivity index is 3.09. The minimum atomic E-state index is -0.0195. The average Bonchev–Trinajstić information content (AvgIpc) is 2.22. The number of nitrogens with zero attached hydrogens (tertiary/aromatic N) is 1. The molecule has 1 unspecified atom stereocenters. The van der Waals surface area contributed by atoms with Gasteiger partial charge in [0, 0.05) is 13.7 Å². The Morgan fingerprint density at radius 1 is 1.36 bits per heavy atom. The van der Waals surface area contributed by atoms with Crippen molar-refractivity contribution in [2.24, 2.45) is 0 Å². The van der Waals surface area contributed by atoms with Crippen LogP contribution in [0.5, 0.6) is 0 Å². The Morgan fingerprint density at radius 2 is 2.14 bits per heavy atom. The van der Waals surface area contributed by atoms with Gasteiger partial charge in [-0.2, -0.15) is 5.26 Å². The summed E-state index contributed by atoms with van der Waals surface area (Å²) in [6.07, 6.45) is 1.78. The number of hydrogen-bond acceptors (Lipinski definition) is 4. The van der Waals surface area contributed by atoms with E-state index < -0.39 is 0 Å². The van der Waals surface area contributed by atoms with Crippen LogP contribution in [0.15, 0.2) is 0 Å². The Morgan fingerprint density at radius 3 is 2.71 bits per heavy atom. The molecule has 14 heavy (non-hydrogen) atoms. The third-order valence-corrected chi connectivity index (χ3v) is 1.85. The minimum absolute atomic E-state index is 0.0195. The van der Waals surface area contributed by atoms with Crippen LogP contribution in [-0.2, 0) is 9.47 Å². The molecule has 0 aromatic heterocycles. The van der Waals surface area contributed by atoms with Gasteiger partial charge in [-0.1, -0.05) is 6.92 Å². The fourth-order valence-corrected chi connectivity index (χ4v) is 0.976. The smallest absolute Gasteiger partial charge is 0.0950 e. The summed E-state index contributed by atoms with van der Waals surface area (Å²) >= 11 is 0. The molecule has 1 N–H and O–H groups in total. The molecular formula is C10H20N2O2. The minimum Gasteiger partial charge on any atom is -0.382 e. The second-order valence-corrected chi connectivity index (χ2v) is 3.00. The van der Waals surface area contributed by atoms with Crippen molar-refractivity contribution in [3.05, 3.63) is 0 Å². The fourth-order valence-electron chi connectivity index (χ4n) is 0.976. The highest BCUT2D eigenvalue weighted by Gasteiger charge is 2.00. The first-order valence-corrected chi connectivity index (χ1v) is 5.04. The van der Waals surface area contributed by atoms with Gasteiger partial charge in [0.2, 0.25) is 0 Å². The highest BCUT2D eigenvalue weighted by Crippen LogP contribution is 1.88. The van der Waals surface area contributed by atoms with Crippen LogP contribution in [0.1, 0.15) is 19.8 Å². The molecule has 1 atom stereocenters. The van der Waals surface area contributed by atoms with Gasteiger partial charge in [-0.05, 0) is 19.4 Å². The number of nitriles is 1. The maximum atomic E-state index is 8.64. The predicted molar refractivity (Wildman–Crippen MR) is 55.0 cm³/mol. The summed E-state index contributed by atoms with van der Waals surface area (Å²) in [5.74, 6) is 0. The van der Waals surface area contributed by atoms with Gasteiger partial charge < -0.3 is 14.8 Å². The SMILES string of the molecule is CCC(C#N)NCCCOCCOC. The summed E-state index contributed by atoms with van der Waals surface area (Å²) in [6.45, 7) is 4.84. The van der Waals surface area contributed by atoms with Gasteiger partial charge >= 0.3 is 0 Å². The standard InChI is InChI=1S/C10H20N2O2/c1-3-10(9-11)12-5-4-6-14-8-7-13-2/h10,12H,3-8H2,1-2H3. The zero-order chi connectivity index (χ0) is 10.6. The molecule has 82 valence electrons. The molecule has 0 rings (SSSR count). The van der Waals surface area contributed by atoms with Crippen LogP contribution in [0.3, 0.4) is 0 Å². The molecule has 0 saturated heterocycles. The normalized spacial score (nSPS) is 12.4. The lowest BCUT2D eigenvalue weighted by molar-refractivity contribution is 0.0694. The second kappa shape index (κ2) is 10.5. The molecule has 0 aromatic carbocycles.